The number of benzene rings is 1. The quantitative estimate of drug-likeness (QED) is 0.0751. The summed E-state index contributed by atoms with van der Waals surface area (Å²) in [5.41, 5.74) is 0.387. The number of unbranched alkanes of at least 4 members (excludes halogenated alkanes) is 2. The Balaban J connectivity index is 1.03. The standard InChI is InChI=1S/C40H63N3O14/c1-3-31(2)30-57-29-28-56-27-26-55-25-24-54-23-22-53-21-20-52-19-18-51-17-16-50-15-14-49-13-6-4-5-10-35(44)41-33-9-7-8-32-37(33)40(48)43(39(32)47)34-11-12-36(45)42-38(34)46/h7-9,31,34H,3-6,10-30H2,1-2H3,(H,41,44)(H,42,45,46). The zero-order chi connectivity index (χ0) is 40.9. The summed E-state index contributed by atoms with van der Waals surface area (Å²) in [6.45, 7) is 13.6. The summed E-state index contributed by atoms with van der Waals surface area (Å²) < 4.78 is 49.6. The Morgan fingerprint density at radius 1 is 0.684 bits per heavy atom. The molecule has 0 spiro atoms. The van der Waals surface area contributed by atoms with Gasteiger partial charge < -0.3 is 47.9 Å². The molecule has 1 aromatic rings. The van der Waals surface area contributed by atoms with Crippen molar-refractivity contribution in [3.05, 3.63) is 29.3 Å². The summed E-state index contributed by atoms with van der Waals surface area (Å²) >= 11 is 0. The minimum Gasteiger partial charge on any atom is -0.379 e. The Labute approximate surface area is 336 Å². The number of piperidine rings is 1. The number of nitrogens with zero attached hydrogens (tertiary/aromatic N) is 1. The molecule has 2 aliphatic rings. The van der Waals surface area contributed by atoms with Crippen LogP contribution in [0.1, 0.15) is 79.5 Å². The van der Waals surface area contributed by atoms with Crippen molar-refractivity contribution in [2.75, 3.05) is 124 Å². The summed E-state index contributed by atoms with van der Waals surface area (Å²) in [4.78, 5) is 63.5. The molecule has 57 heavy (non-hydrogen) atoms. The number of hydrogen-bond donors (Lipinski definition) is 2. The van der Waals surface area contributed by atoms with Gasteiger partial charge in [0.05, 0.1) is 123 Å². The van der Waals surface area contributed by atoms with Crippen LogP contribution >= 0.6 is 0 Å². The number of hydrogen-bond acceptors (Lipinski definition) is 14. The highest BCUT2D eigenvalue weighted by molar-refractivity contribution is 6.26. The van der Waals surface area contributed by atoms with Crippen molar-refractivity contribution >= 4 is 35.2 Å². The van der Waals surface area contributed by atoms with Crippen molar-refractivity contribution in [2.45, 2.75) is 64.8 Å². The summed E-state index contributed by atoms with van der Waals surface area (Å²) in [7, 11) is 0. The van der Waals surface area contributed by atoms with Crippen LogP contribution in [-0.4, -0.2) is 159 Å². The fourth-order valence-corrected chi connectivity index (χ4v) is 5.66. The van der Waals surface area contributed by atoms with Crippen molar-refractivity contribution in [2.24, 2.45) is 5.92 Å². The van der Waals surface area contributed by atoms with E-state index >= 15 is 0 Å². The van der Waals surface area contributed by atoms with Gasteiger partial charge in [0.15, 0.2) is 0 Å². The highest BCUT2D eigenvalue weighted by Crippen LogP contribution is 2.32. The van der Waals surface area contributed by atoms with Gasteiger partial charge in [-0.1, -0.05) is 32.8 Å². The van der Waals surface area contributed by atoms with Crippen LogP contribution in [0.15, 0.2) is 18.2 Å². The molecule has 0 radical (unpaired) electrons. The fraction of sp³-hybridized carbons (Fsp3) is 0.725. The van der Waals surface area contributed by atoms with E-state index in [1.54, 1.807) is 12.1 Å². The van der Waals surface area contributed by atoms with Gasteiger partial charge in [0, 0.05) is 26.1 Å². The summed E-state index contributed by atoms with van der Waals surface area (Å²) in [5.74, 6) is -2.13. The Bertz CT molecular complexity index is 1350. The number of nitrogens with one attached hydrogen (secondary N) is 2. The number of amides is 5. The first-order chi connectivity index (χ1) is 27.8. The topological polar surface area (TPSA) is 196 Å². The van der Waals surface area contributed by atoms with E-state index in [9.17, 15) is 24.0 Å². The van der Waals surface area contributed by atoms with Gasteiger partial charge in [0.2, 0.25) is 17.7 Å². The van der Waals surface area contributed by atoms with Crippen LogP contribution in [0, 0.1) is 5.92 Å². The first-order valence-electron chi connectivity index (χ1n) is 20.2. The maximum Gasteiger partial charge on any atom is 0.264 e. The normalized spacial score (nSPS) is 16.0. The largest absolute Gasteiger partial charge is 0.379 e. The average Bonchev–Trinajstić information content (AvgIpc) is 3.45. The molecule has 17 heteroatoms. The van der Waals surface area contributed by atoms with Gasteiger partial charge >= 0.3 is 0 Å². The van der Waals surface area contributed by atoms with Crippen LogP contribution in [0.3, 0.4) is 0 Å². The molecule has 0 aliphatic carbocycles. The molecule has 2 N–H and O–H groups in total. The Kier molecular flexibility index (Phi) is 25.1. The van der Waals surface area contributed by atoms with E-state index in [0.717, 1.165) is 30.8 Å². The molecule has 1 fully saturated rings. The number of imide groups is 2. The summed E-state index contributed by atoms with van der Waals surface area (Å²) in [6.07, 6.45) is 3.58. The second kappa shape index (κ2) is 29.8. The van der Waals surface area contributed by atoms with E-state index in [2.05, 4.69) is 24.5 Å². The molecule has 0 bridgehead atoms. The van der Waals surface area contributed by atoms with E-state index < -0.39 is 29.7 Å². The molecule has 1 saturated heterocycles. The van der Waals surface area contributed by atoms with Crippen molar-refractivity contribution in [3.63, 3.8) is 0 Å². The van der Waals surface area contributed by atoms with Crippen molar-refractivity contribution in [1.82, 2.24) is 10.2 Å². The number of carbonyl (C=O) groups excluding carboxylic acids is 5. The minimum atomic E-state index is -1.07. The zero-order valence-corrected chi connectivity index (χ0v) is 33.7. The summed E-state index contributed by atoms with van der Waals surface area (Å²) in [5, 5.41) is 4.91. The lowest BCUT2D eigenvalue weighted by atomic mass is 10.0. The molecule has 3 rings (SSSR count). The number of ether oxygens (including phenoxy) is 9. The highest BCUT2D eigenvalue weighted by atomic mass is 16.6. The maximum absolute atomic E-state index is 13.2. The molecule has 1 aromatic carbocycles. The van der Waals surface area contributed by atoms with Gasteiger partial charge in [-0.3, -0.25) is 34.2 Å². The van der Waals surface area contributed by atoms with Gasteiger partial charge in [0.25, 0.3) is 11.8 Å². The Morgan fingerprint density at radius 2 is 1.18 bits per heavy atom. The van der Waals surface area contributed by atoms with Crippen LogP contribution in [0.5, 0.6) is 0 Å². The molecule has 0 saturated carbocycles. The smallest absolute Gasteiger partial charge is 0.264 e. The van der Waals surface area contributed by atoms with Gasteiger partial charge in [-0.15, -0.1) is 0 Å². The lowest BCUT2D eigenvalue weighted by Crippen LogP contribution is -2.54. The van der Waals surface area contributed by atoms with Gasteiger partial charge in [-0.2, -0.15) is 0 Å². The number of rotatable bonds is 35. The highest BCUT2D eigenvalue weighted by Gasteiger charge is 2.45. The minimum absolute atomic E-state index is 0.0297. The van der Waals surface area contributed by atoms with Gasteiger partial charge in [-0.05, 0) is 37.3 Å². The number of anilines is 1. The third kappa shape index (κ3) is 19.3. The van der Waals surface area contributed by atoms with Crippen molar-refractivity contribution in [1.29, 1.82) is 0 Å². The second-order valence-corrected chi connectivity index (χ2v) is 13.5. The van der Waals surface area contributed by atoms with E-state index in [1.807, 2.05) is 0 Å². The lowest BCUT2D eigenvalue weighted by molar-refractivity contribution is -0.136. The molecule has 0 aromatic heterocycles. The van der Waals surface area contributed by atoms with Gasteiger partial charge in [-0.25, -0.2) is 0 Å². The zero-order valence-electron chi connectivity index (χ0n) is 33.7. The van der Waals surface area contributed by atoms with Crippen molar-refractivity contribution < 1.29 is 66.6 Å². The first kappa shape index (κ1) is 48.0. The second-order valence-electron chi connectivity index (χ2n) is 13.5. The van der Waals surface area contributed by atoms with E-state index in [0.29, 0.717) is 125 Å². The molecule has 2 heterocycles. The van der Waals surface area contributed by atoms with Crippen LogP contribution in [0.2, 0.25) is 0 Å². The molecule has 5 amide bonds. The molecule has 322 valence electrons. The Morgan fingerprint density at radius 3 is 1.67 bits per heavy atom. The predicted octanol–water partition coefficient (Wildman–Crippen LogP) is 2.78. The van der Waals surface area contributed by atoms with E-state index in [-0.39, 0.29) is 42.0 Å². The predicted molar refractivity (Wildman–Crippen MR) is 207 cm³/mol. The van der Waals surface area contributed by atoms with E-state index in [1.165, 1.54) is 6.07 Å². The Hall–Kier alpha value is -3.39. The summed E-state index contributed by atoms with van der Waals surface area (Å²) in [6, 6.07) is 3.54. The number of fused-ring (bicyclic) bond motifs is 1. The first-order valence-corrected chi connectivity index (χ1v) is 20.2. The average molecular weight is 810 g/mol. The molecule has 17 nitrogen and oxygen atoms in total. The fourth-order valence-electron chi connectivity index (χ4n) is 5.66. The maximum atomic E-state index is 13.2. The van der Waals surface area contributed by atoms with E-state index in [4.69, 9.17) is 42.6 Å². The number of carbonyl (C=O) groups is 5. The van der Waals surface area contributed by atoms with Crippen molar-refractivity contribution in [3.8, 4) is 0 Å². The van der Waals surface area contributed by atoms with Crippen LogP contribution in [0.25, 0.3) is 0 Å². The third-order valence-electron chi connectivity index (χ3n) is 9.01. The molecule has 2 unspecified atom stereocenters. The lowest BCUT2D eigenvalue weighted by Gasteiger charge is -2.27. The van der Waals surface area contributed by atoms with Gasteiger partial charge in [0.1, 0.15) is 6.04 Å². The molecule has 2 atom stereocenters. The van der Waals surface area contributed by atoms with Crippen LogP contribution in [0.4, 0.5) is 5.69 Å². The monoisotopic (exact) mass is 809 g/mol. The molecule has 2 aliphatic heterocycles. The van der Waals surface area contributed by atoms with Crippen LogP contribution < -0.4 is 10.6 Å². The SMILES string of the molecule is CCC(C)COCCOCCOCCOCCOCCOCCOCCOCCOCCCCCC(=O)Nc1cccc2c1C(=O)N(C1CCC(=O)NC1=O)C2=O. The molecular formula is C40H63N3O14. The van der Waals surface area contributed by atoms with Crippen LogP contribution in [-0.2, 0) is 57.0 Å². The third-order valence-corrected chi connectivity index (χ3v) is 9.01. The molecular weight excluding hydrogens is 746 g/mol.